The van der Waals surface area contributed by atoms with Gasteiger partial charge in [-0.25, -0.2) is 0 Å². The van der Waals surface area contributed by atoms with Crippen LogP contribution in [0, 0.1) is 0 Å². The zero-order chi connectivity index (χ0) is 8.15. The molecule has 0 amide bonds. The molecule has 0 fully saturated rings. The van der Waals surface area contributed by atoms with Crippen molar-refractivity contribution in [3.05, 3.63) is 34.9 Å². The fraction of sp³-hybridized carbons (Fsp3) is 0.333. The summed E-state index contributed by atoms with van der Waals surface area (Å²) in [5.74, 6) is 0. The quantitative estimate of drug-likeness (QED) is 0.536. The maximum absolute atomic E-state index is 5.86. The third kappa shape index (κ3) is 3.52. The predicted molar refractivity (Wildman–Crippen MR) is 48.2 cm³/mol. The van der Waals surface area contributed by atoms with Crippen molar-refractivity contribution >= 4 is 11.6 Å². The molecule has 0 bridgehead atoms. The van der Waals surface area contributed by atoms with Crippen molar-refractivity contribution in [2.75, 3.05) is 0 Å². The van der Waals surface area contributed by atoms with Gasteiger partial charge in [0.25, 0.3) is 0 Å². The minimum absolute atomic E-state index is 0.773. The Kier molecular flexibility index (Phi) is 4.13. The van der Waals surface area contributed by atoms with Gasteiger partial charge in [-0.2, -0.15) is 0 Å². The average molecular weight is 157 g/mol. The van der Waals surface area contributed by atoms with E-state index in [4.69, 9.17) is 11.6 Å². The van der Waals surface area contributed by atoms with E-state index in [1.165, 1.54) is 0 Å². The molecule has 0 atom stereocenters. The van der Waals surface area contributed by atoms with E-state index in [0.717, 1.165) is 16.2 Å². The normalized spacial score (nSPS) is 13.6. The third-order valence-corrected chi connectivity index (χ3v) is 1.59. The smallest absolute Gasteiger partial charge is 0.0434 e. The van der Waals surface area contributed by atoms with Gasteiger partial charge in [0.2, 0.25) is 0 Å². The minimum atomic E-state index is 0.773. The highest BCUT2D eigenvalue weighted by molar-refractivity contribution is 6.32. The van der Waals surface area contributed by atoms with E-state index < -0.39 is 0 Å². The molecule has 0 saturated carbocycles. The molecule has 0 aliphatic heterocycles. The van der Waals surface area contributed by atoms with E-state index in [2.05, 4.69) is 6.58 Å². The molecule has 0 spiro atoms. The fourth-order valence-corrected chi connectivity index (χ4v) is 0.763. The van der Waals surface area contributed by atoms with E-state index in [9.17, 15) is 0 Å². The van der Waals surface area contributed by atoms with Crippen molar-refractivity contribution < 1.29 is 0 Å². The molecule has 0 nitrogen and oxygen atoms in total. The summed E-state index contributed by atoms with van der Waals surface area (Å²) in [6, 6.07) is 0. The molecule has 0 aliphatic rings. The zero-order valence-corrected chi connectivity index (χ0v) is 7.50. The van der Waals surface area contributed by atoms with Crippen LogP contribution >= 0.6 is 11.6 Å². The molecule has 0 aliphatic carbocycles. The molecular formula is C9H13Cl. The first kappa shape index (κ1) is 9.51. The highest BCUT2D eigenvalue weighted by atomic mass is 35.5. The van der Waals surface area contributed by atoms with E-state index in [1.807, 2.05) is 32.9 Å². The Hall–Kier alpha value is -0.490. The Balaban J connectivity index is 4.35. The molecule has 0 unspecified atom stereocenters. The van der Waals surface area contributed by atoms with E-state index in [-0.39, 0.29) is 0 Å². The maximum atomic E-state index is 5.86. The number of hydrogen-bond acceptors (Lipinski definition) is 0. The Morgan fingerprint density at radius 1 is 1.40 bits per heavy atom. The minimum Gasteiger partial charge on any atom is -0.0961 e. The lowest BCUT2D eigenvalue weighted by atomic mass is 10.2. The fourth-order valence-electron chi connectivity index (χ4n) is 0.468. The van der Waals surface area contributed by atoms with E-state index >= 15 is 0 Å². The summed E-state index contributed by atoms with van der Waals surface area (Å²) < 4.78 is 0. The summed E-state index contributed by atoms with van der Waals surface area (Å²) >= 11 is 5.86. The van der Waals surface area contributed by atoms with Crippen molar-refractivity contribution in [1.82, 2.24) is 0 Å². The monoisotopic (exact) mass is 156 g/mol. The van der Waals surface area contributed by atoms with Gasteiger partial charge in [0.05, 0.1) is 0 Å². The Labute approximate surface area is 67.9 Å². The van der Waals surface area contributed by atoms with Crippen LogP contribution in [-0.4, -0.2) is 0 Å². The van der Waals surface area contributed by atoms with Gasteiger partial charge in [-0.15, -0.1) is 0 Å². The molecule has 0 rings (SSSR count). The molecule has 0 aromatic rings. The first-order valence-electron chi connectivity index (χ1n) is 3.24. The number of hydrogen-bond donors (Lipinski definition) is 0. The third-order valence-electron chi connectivity index (χ3n) is 1.18. The average Bonchev–Trinajstić information content (AvgIpc) is 1.85. The summed E-state index contributed by atoms with van der Waals surface area (Å²) in [5, 5.41) is 0.773. The van der Waals surface area contributed by atoms with Gasteiger partial charge in [0, 0.05) is 5.03 Å². The van der Waals surface area contributed by atoms with Crippen LogP contribution in [0.2, 0.25) is 0 Å². The number of rotatable bonds is 2. The van der Waals surface area contributed by atoms with E-state index in [1.54, 1.807) is 0 Å². The number of halogens is 1. The van der Waals surface area contributed by atoms with Crippen molar-refractivity contribution in [2.45, 2.75) is 20.8 Å². The van der Waals surface area contributed by atoms with Crippen molar-refractivity contribution in [3.63, 3.8) is 0 Å². The Morgan fingerprint density at radius 3 is 2.20 bits per heavy atom. The van der Waals surface area contributed by atoms with Crippen molar-refractivity contribution in [3.8, 4) is 0 Å². The predicted octanol–water partition coefficient (Wildman–Crippen LogP) is 3.65. The second-order valence-electron chi connectivity index (χ2n) is 2.31. The van der Waals surface area contributed by atoms with Crippen LogP contribution in [0.5, 0.6) is 0 Å². The lowest BCUT2D eigenvalue weighted by Gasteiger charge is -1.96. The first-order valence-corrected chi connectivity index (χ1v) is 3.61. The van der Waals surface area contributed by atoms with E-state index in [0.29, 0.717) is 0 Å². The first-order chi connectivity index (χ1) is 4.57. The molecule has 56 valence electrons. The highest BCUT2D eigenvalue weighted by Gasteiger charge is 1.91. The van der Waals surface area contributed by atoms with Crippen LogP contribution < -0.4 is 0 Å². The lowest BCUT2D eigenvalue weighted by Crippen LogP contribution is -1.75. The molecular weight excluding hydrogens is 144 g/mol. The summed E-state index contributed by atoms with van der Waals surface area (Å²) in [6.45, 7) is 9.58. The van der Waals surface area contributed by atoms with Crippen LogP contribution in [0.4, 0.5) is 0 Å². The summed E-state index contributed by atoms with van der Waals surface area (Å²) in [7, 11) is 0. The molecule has 0 aromatic heterocycles. The Bertz CT molecular complexity index is 185. The molecule has 0 N–H and O–H groups in total. The van der Waals surface area contributed by atoms with Gasteiger partial charge in [0.1, 0.15) is 0 Å². The van der Waals surface area contributed by atoms with Crippen LogP contribution in [-0.2, 0) is 0 Å². The Morgan fingerprint density at radius 2 is 1.90 bits per heavy atom. The summed E-state index contributed by atoms with van der Waals surface area (Å²) in [4.78, 5) is 0. The van der Waals surface area contributed by atoms with Crippen molar-refractivity contribution in [1.29, 1.82) is 0 Å². The maximum Gasteiger partial charge on any atom is 0.0434 e. The van der Waals surface area contributed by atoms with Crippen LogP contribution in [0.15, 0.2) is 34.9 Å². The van der Waals surface area contributed by atoms with Crippen LogP contribution in [0.25, 0.3) is 0 Å². The molecule has 0 heterocycles. The zero-order valence-electron chi connectivity index (χ0n) is 6.74. The molecule has 0 saturated heterocycles. The van der Waals surface area contributed by atoms with Gasteiger partial charge in [-0.1, -0.05) is 29.8 Å². The van der Waals surface area contributed by atoms with Crippen LogP contribution in [0.3, 0.4) is 0 Å². The van der Waals surface area contributed by atoms with Gasteiger partial charge < -0.3 is 0 Å². The molecule has 0 radical (unpaired) electrons. The number of allylic oxidation sites excluding steroid dienone is 5. The van der Waals surface area contributed by atoms with Gasteiger partial charge in [-0.05, 0) is 32.4 Å². The van der Waals surface area contributed by atoms with Gasteiger partial charge in [0.15, 0.2) is 0 Å². The lowest BCUT2D eigenvalue weighted by molar-refractivity contribution is 1.42. The molecule has 0 aromatic carbocycles. The second kappa shape index (κ2) is 4.35. The van der Waals surface area contributed by atoms with Crippen LogP contribution in [0.1, 0.15) is 20.8 Å². The second-order valence-corrected chi connectivity index (χ2v) is 2.72. The van der Waals surface area contributed by atoms with Gasteiger partial charge in [-0.3, -0.25) is 0 Å². The van der Waals surface area contributed by atoms with Crippen molar-refractivity contribution in [2.24, 2.45) is 0 Å². The SMILES string of the molecule is C=C(C)/C=C(Cl)\C(C)=C/C. The molecule has 1 heteroatoms. The van der Waals surface area contributed by atoms with Gasteiger partial charge >= 0.3 is 0 Å². The topological polar surface area (TPSA) is 0 Å². The summed E-state index contributed by atoms with van der Waals surface area (Å²) in [5.41, 5.74) is 2.07. The summed E-state index contributed by atoms with van der Waals surface area (Å²) in [6.07, 6.45) is 3.83. The molecule has 10 heavy (non-hydrogen) atoms. The highest BCUT2D eigenvalue weighted by Crippen LogP contribution is 2.15. The largest absolute Gasteiger partial charge is 0.0961 e. The standard InChI is InChI=1S/C9H13Cl/c1-5-8(4)9(10)6-7(2)3/h5-6H,2H2,1,3-4H3/b8-5-,9-6+.